The third kappa shape index (κ3) is 4.70. The number of thiocarbonyl (C=S) groups is 1. The molecule has 0 aliphatic carbocycles. The van der Waals surface area contributed by atoms with E-state index < -0.39 is 17.3 Å². The van der Waals surface area contributed by atoms with E-state index in [9.17, 15) is 13.2 Å². The summed E-state index contributed by atoms with van der Waals surface area (Å²) in [6, 6.07) is 4.92. The van der Waals surface area contributed by atoms with Crippen LogP contribution in [-0.2, 0) is 6.18 Å². The second kappa shape index (κ2) is 7.10. The maximum absolute atomic E-state index is 12.8. The minimum atomic E-state index is -4.57. The number of unbranched alkanes of at least 4 members (excludes halogenated alkanes) is 1. The minimum absolute atomic E-state index is 0.199. The van der Waals surface area contributed by atoms with Crippen LogP contribution in [0.4, 0.5) is 18.9 Å². The van der Waals surface area contributed by atoms with Crippen molar-refractivity contribution in [2.45, 2.75) is 25.9 Å². The number of nitrogens with zero attached hydrogens (tertiary/aromatic N) is 1. The van der Waals surface area contributed by atoms with Gasteiger partial charge in [-0.2, -0.15) is 18.4 Å². The summed E-state index contributed by atoms with van der Waals surface area (Å²) < 4.78 is 38.3. The van der Waals surface area contributed by atoms with Crippen molar-refractivity contribution in [3.05, 3.63) is 29.3 Å². The standard InChI is InChI=1S/C13H14F3N3S/c1-2-3-6-18-12(20)19-10-5-4-9(8-17)11(7-10)13(14,15)16/h4-5,7H,2-3,6H2,1H3,(H2,18,19,20). The first-order valence-electron chi connectivity index (χ1n) is 6.04. The molecule has 20 heavy (non-hydrogen) atoms. The van der Waals surface area contributed by atoms with Gasteiger partial charge in [-0.1, -0.05) is 13.3 Å². The molecule has 1 aromatic rings. The number of anilines is 1. The van der Waals surface area contributed by atoms with Gasteiger partial charge in [0.1, 0.15) is 0 Å². The summed E-state index contributed by atoms with van der Waals surface area (Å²) in [5, 5.41) is 14.5. The molecule has 0 radical (unpaired) electrons. The topological polar surface area (TPSA) is 47.8 Å². The van der Waals surface area contributed by atoms with Crippen LogP contribution in [0.2, 0.25) is 0 Å². The van der Waals surface area contributed by atoms with Crippen LogP contribution in [0, 0.1) is 11.3 Å². The molecule has 0 fully saturated rings. The van der Waals surface area contributed by atoms with Crippen molar-refractivity contribution in [3.63, 3.8) is 0 Å². The van der Waals surface area contributed by atoms with E-state index in [4.69, 9.17) is 17.5 Å². The van der Waals surface area contributed by atoms with E-state index in [0.29, 0.717) is 6.54 Å². The Morgan fingerprint density at radius 3 is 2.65 bits per heavy atom. The van der Waals surface area contributed by atoms with E-state index in [0.717, 1.165) is 25.0 Å². The van der Waals surface area contributed by atoms with Crippen molar-refractivity contribution in [1.29, 1.82) is 5.26 Å². The zero-order chi connectivity index (χ0) is 15.2. The molecule has 0 aromatic heterocycles. The van der Waals surface area contributed by atoms with Crippen molar-refractivity contribution < 1.29 is 13.2 Å². The third-order valence-corrected chi connectivity index (χ3v) is 2.77. The lowest BCUT2D eigenvalue weighted by Gasteiger charge is -2.13. The molecule has 108 valence electrons. The SMILES string of the molecule is CCCCNC(=S)Nc1ccc(C#N)c(C(F)(F)F)c1. The number of benzene rings is 1. The monoisotopic (exact) mass is 301 g/mol. The van der Waals surface area contributed by atoms with Gasteiger partial charge in [-0.15, -0.1) is 0 Å². The summed E-state index contributed by atoms with van der Waals surface area (Å²) in [6.45, 7) is 2.68. The van der Waals surface area contributed by atoms with Crippen molar-refractivity contribution in [1.82, 2.24) is 5.32 Å². The van der Waals surface area contributed by atoms with Gasteiger partial charge in [0.05, 0.1) is 17.2 Å². The van der Waals surface area contributed by atoms with Crippen molar-refractivity contribution in [2.24, 2.45) is 0 Å². The normalized spacial score (nSPS) is 10.8. The molecule has 0 amide bonds. The van der Waals surface area contributed by atoms with E-state index in [1.165, 1.54) is 12.1 Å². The number of hydrogen-bond acceptors (Lipinski definition) is 2. The molecule has 0 saturated carbocycles. The quantitative estimate of drug-likeness (QED) is 0.658. The first-order valence-corrected chi connectivity index (χ1v) is 6.45. The largest absolute Gasteiger partial charge is 0.417 e. The fourth-order valence-electron chi connectivity index (χ4n) is 1.51. The molecule has 3 nitrogen and oxygen atoms in total. The Kier molecular flexibility index (Phi) is 5.77. The van der Waals surface area contributed by atoms with Crippen LogP contribution in [0.25, 0.3) is 0 Å². The Morgan fingerprint density at radius 1 is 1.40 bits per heavy atom. The highest BCUT2D eigenvalue weighted by atomic mass is 32.1. The maximum atomic E-state index is 12.8. The van der Waals surface area contributed by atoms with Crippen molar-refractivity contribution in [3.8, 4) is 6.07 Å². The van der Waals surface area contributed by atoms with Gasteiger partial charge in [0, 0.05) is 12.2 Å². The molecule has 1 rings (SSSR count). The molecule has 0 aliphatic heterocycles. The maximum Gasteiger partial charge on any atom is 0.417 e. The second-order valence-corrected chi connectivity index (χ2v) is 4.51. The van der Waals surface area contributed by atoms with Crippen LogP contribution < -0.4 is 10.6 Å². The molecule has 0 saturated heterocycles. The van der Waals surface area contributed by atoms with Gasteiger partial charge in [-0.25, -0.2) is 0 Å². The average molecular weight is 301 g/mol. The molecule has 0 atom stereocenters. The number of rotatable bonds is 4. The summed E-state index contributed by atoms with van der Waals surface area (Å²) in [4.78, 5) is 0. The molecule has 0 aliphatic rings. The third-order valence-electron chi connectivity index (χ3n) is 2.52. The lowest BCUT2D eigenvalue weighted by atomic mass is 10.1. The molecule has 7 heteroatoms. The van der Waals surface area contributed by atoms with Gasteiger partial charge in [0.2, 0.25) is 0 Å². The summed E-state index contributed by atoms with van der Waals surface area (Å²) in [5.41, 5.74) is -1.18. The molecular formula is C13H14F3N3S. The summed E-state index contributed by atoms with van der Waals surface area (Å²) in [6.07, 6.45) is -2.66. The highest BCUT2D eigenvalue weighted by Crippen LogP contribution is 2.33. The lowest BCUT2D eigenvalue weighted by molar-refractivity contribution is -0.137. The highest BCUT2D eigenvalue weighted by Gasteiger charge is 2.33. The Bertz CT molecular complexity index is 521. The summed E-state index contributed by atoms with van der Waals surface area (Å²) >= 11 is 4.98. The van der Waals surface area contributed by atoms with Crippen LogP contribution in [0.15, 0.2) is 18.2 Å². The van der Waals surface area contributed by atoms with Gasteiger partial charge < -0.3 is 10.6 Å². The zero-order valence-electron chi connectivity index (χ0n) is 10.8. The molecule has 2 N–H and O–H groups in total. The first kappa shape index (κ1) is 16.2. The van der Waals surface area contributed by atoms with Crippen LogP contribution in [0.1, 0.15) is 30.9 Å². The fourth-order valence-corrected chi connectivity index (χ4v) is 1.73. The van der Waals surface area contributed by atoms with Crippen LogP contribution >= 0.6 is 12.2 Å². The number of nitriles is 1. The van der Waals surface area contributed by atoms with E-state index in [-0.39, 0.29) is 10.8 Å². The van der Waals surface area contributed by atoms with Gasteiger partial charge in [-0.3, -0.25) is 0 Å². The van der Waals surface area contributed by atoms with Crippen LogP contribution in [0.3, 0.4) is 0 Å². The Hall–Kier alpha value is -1.81. The van der Waals surface area contributed by atoms with E-state index >= 15 is 0 Å². The molecule has 0 spiro atoms. The highest BCUT2D eigenvalue weighted by molar-refractivity contribution is 7.80. The second-order valence-electron chi connectivity index (χ2n) is 4.10. The predicted octanol–water partition coefficient (Wildman–Crippen LogP) is 3.66. The van der Waals surface area contributed by atoms with Crippen molar-refractivity contribution >= 4 is 23.0 Å². The number of halogens is 3. The number of nitrogens with one attached hydrogen (secondary N) is 2. The first-order chi connectivity index (χ1) is 9.38. The van der Waals surface area contributed by atoms with Gasteiger partial charge >= 0.3 is 6.18 Å². The molecule has 0 heterocycles. The molecular weight excluding hydrogens is 287 g/mol. The smallest absolute Gasteiger partial charge is 0.362 e. The van der Waals surface area contributed by atoms with E-state index in [1.54, 1.807) is 0 Å². The minimum Gasteiger partial charge on any atom is -0.362 e. The Morgan fingerprint density at radius 2 is 2.10 bits per heavy atom. The summed E-state index contributed by atoms with van der Waals surface area (Å²) in [7, 11) is 0. The van der Waals surface area contributed by atoms with E-state index in [2.05, 4.69) is 10.6 Å². The van der Waals surface area contributed by atoms with Crippen molar-refractivity contribution in [2.75, 3.05) is 11.9 Å². The fraction of sp³-hybridized carbons (Fsp3) is 0.385. The van der Waals surface area contributed by atoms with Gasteiger partial charge in [0.25, 0.3) is 0 Å². The lowest BCUT2D eigenvalue weighted by Crippen LogP contribution is -2.29. The van der Waals surface area contributed by atoms with Crippen LogP contribution in [-0.4, -0.2) is 11.7 Å². The molecule has 1 aromatic carbocycles. The Labute approximate surface area is 120 Å². The molecule has 0 bridgehead atoms. The Balaban J connectivity index is 2.83. The average Bonchev–Trinajstić information content (AvgIpc) is 2.38. The van der Waals surface area contributed by atoms with E-state index in [1.807, 2.05) is 6.92 Å². The zero-order valence-corrected chi connectivity index (χ0v) is 11.7. The summed E-state index contributed by atoms with van der Waals surface area (Å²) in [5.74, 6) is 0. The van der Waals surface area contributed by atoms with Crippen LogP contribution in [0.5, 0.6) is 0 Å². The number of alkyl halides is 3. The predicted molar refractivity (Wildman–Crippen MR) is 75.3 cm³/mol. The molecule has 0 unspecified atom stereocenters. The number of hydrogen-bond donors (Lipinski definition) is 2. The van der Waals surface area contributed by atoms with Gasteiger partial charge in [0.15, 0.2) is 5.11 Å². The van der Waals surface area contributed by atoms with Gasteiger partial charge in [-0.05, 0) is 36.8 Å².